The molecule has 5 heteroatoms. The Bertz CT molecular complexity index is 413. The van der Waals surface area contributed by atoms with Crippen LogP contribution in [-0.2, 0) is 4.74 Å². The van der Waals surface area contributed by atoms with Gasteiger partial charge in [0.15, 0.2) is 0 Å². The van der Waals surface area contributed by atoms with Crippen LogP contribution in [0.2, 0.25) is 0 Å². The average molecular weight is 235 g/mol. The lowest BCUT2D eigenvalue weighted by Gasteiger charge is -2.10. The van der Waals surface area contributed by atoms with Gasteiger partial charge in [0, 0.05) is 12.2 Å². The molecule has 0 amide bonds. The quantitative estimate of drug-likeness (QED) is 0.719. The molecule has 1 aromatic heterocycles. The van der Waals surface area contributed by atoms with E-state index in [1.54, 1.807) is 0 Å². The molecule has 1 heterocycles. The fourth-order valence-electron chi connectivity index (χ4n) is 1.53. The number of rotatable bonds is 6. The molecule has 0 aliphatic carbocycles. The first kappa shape index (κ1) is 13.4. The molecule has 0 saturated heterocycles. The molecule has 1 aromatic rings. The van der Waals surface area contributed by atoms with Gasteiger partial charge in [-0.2, -0.15) is 5.26 Å². The van der Waals surface area contributed by atoms with Gasteiger partial charge in [-0.3, -0.25) is 4.98 Å². The fraction of sp³-hybridized carbons (Fsp3) is 0.500. The lowest BCUT2D eigenvalue weighted by atomic mass is 10.1. The molecule has 0 fully saturated rings. The van der Waals surface area contributed by atoms with Crippen molar-refractivity contribution in [3.63, 3.8) is 0 Å². The second kappa shape index (κ2) is 6.84. The monoisotopic (exact) mass is 235 g/mol. The molecule has 0 bridgehead atoms. The van der Waals surface area contributed by atoms with Crippen LogP contribution in [-0.4, -0.2) is 36.5 Å². The number of aryl methyl sites for hydroxylation is 2. The number of nitrogens with one attached hydrogen (secondary N) is 1. The van der Waals surface area contributed by atoms with Gasteiger partial charge in [-0.15, -0.1) is 0 Å². The highest BCUT2D eigenvalue weighted by molar-refractivity contribution is 5.59. The molecule has 0 unspecified atom stereocenters. The van der Waals surface area contributed by atoms with Crippen LogP contribution in [0.5, 0.6) is 0 Å². The third kappa shape index (κ3) is 4.02. The summed E-state index contributed by atoms with van der Waals surface area (Å²) in [6.07, 6.45) is 0. The maximum Gasteiger partial charge on any atom is 0.103 e. The highest BCUT2D eigenvalue weighted by atomic mass is 16.5. The van der Waals surface area contributed by atoms with Crippen LogP contribution in [0.3, 0.4) is 0 Å². The van der Waals surface area contributed by atoms with E-state index in [9.17, 15) is 0 Å². The Hall–Kier alpha value is -1.64. The van der Waals surface area contributed by atoms with Crippen LogP contribution in [0.25, 0.3) is 0 Å². The molecule has 0 spiro atoms. The summed E-state index contributed by atoms with van der Waals surface area (Å²) in [6.45, 7) is 5.15. The fourth-order valence-corrected chi connectivity index (χ4v) is 1.53. The van der Waals surface area contributed by atoms with Crippen LogP contribution >= 0.6 is 0 Å². The summed E-state index contributed by atoms with van der Waals surface area (Å²) in [5.41, 5.74) is 2.95. The molecule has 0 aromatic carbocycles. The van der Waals surface area contributed by atoms with E-state index in [2.05, 4.69) is 16.4 Å². The van der Waals surface area contributed by atoms with Crippen molar-refractivity contribution in [1.82, 2.24) is 4.98 Å². The van der Waals surface area contributed by atoms with E-state index in [1.807, 2.05) is 19.9 Å². The lowest BCUT2D eigenvalue weighted by Crippen LogP contribution is -2.12. The largest absolute Gasteiger partial charge is 0.394 e. The predicted molar refractivity (Wildman–Crippen MR) is 64.8 cm³/mol. The van der Waals surface area contributed by atoms with Crippen LogP contribution in [0, 0.1) is 25.2 Å². The molecule has 17 heavy (non-hydrogen) atoms. The number of hydrogen-bond acceptors (Lipinski definition) is 5. The van der Waals surface area contributed by atoms with E-state index >= 15 is 0 Å². The number of ether oxygens (including phenoxy) is 1. The minimum absolute atomic E-state index is 0.0247. The Morgan fingerprint density at radius 3 is 2.88 bits per heavy atom. The summed E-state index contributed by atoms with van der Waals surface area (Å²) in [5, 5.41) is 20.7. The van der Waals surface area contributed by atoms with Crippen LogP contribution < -0.4 is 5.32 Å². The Morgan fingerprint density at radius 2 is 2.24 bits per heavy atom. The zero-order chi connectivity index (χ0) is 12.7. The third-order valence-electron chi connectivity index (χ3n) is 2.24. The second-order valence-electron chi connectivity index (χ2n) is 3.65. The van der Waals surface area contributed by atoms with Crippen LogP contribution in [0.1, 0.15) is 17.0 Å². The Balaban J connectivity index is 2.61. The van der Waals surface area contributed by atoms with Gasteiger partial charge in [-0.25, -0.2) is 0 Å². The first-order valence-corrected chi connectivity index (χ1v) is 5.50. The molecular weight excluding hydrogens is 218 g/mol. The van der Waals surface area contributed by atoms with Crippen LogP contribution in [0.4, 0.5) is 5.69 Å². The van der Waals surface area contributed by atoms with Crippen molar-refractivity contribution in [3.8, 4) is 6.07 Å². The SMILES string of the molecule is Cc1cc(NCCOCCO)c(C#N)c(C)n1. The normalized spacial score (nSPS) is 10.0. The summed E-state index contributed by atoms with van der Waals surface area (Å²) < 4.78 is 5.13. The van der Waals surface area contributed by atoms with Gasteiger partial charge in [0.05, 0.1) is 36.8 Å². The molecule has 0 radical (unpaired) electrons. The van der Waals surface area contributed by atoms with E-state index in [4.69, 9.17) is 15.1 Å². The molecule has 0 aliphatic rings. The summed E-state index contributed by atoms with van der Waals surface area (Å²) >= 11 is 0. The minimum atomic E-state index is 0.0247. The van der Waals surface area contributed by atoms with E-state index in [1.165, 1.54) is 0 Å². The van der Waals surface area contributed by atoms with Crippen molar-refractivity contribution < 1.29 is 9.84 Å². The molecular formula is C12H17N3O2. The average Bonchev–Trinajstić information content (AvgIpc) is 2.28. The Kier molecular flexibility index (Phi) is 5.40. The first-order valence-electron chi connectivity index (χ1n) is 5.50. The molecule has 2 N–H and O–H groups in total. The van der Waals surface area contributed by atoms with E-state index in [0.29, 0.717) is 25.3 Å². The van der Waals surface area contributed by atoms with Crippen molar-refractivity contribution in [1.29, 1.82) is 5.26 Å². The van der Waals surface area contributed by atoms with Gasteiger partial charge in [0.2, 0.25) is 0 Å². The Morgan fingerprint density at radius 1 is 1.47 bits per heavy atom. The lowest BCUT2D eigenvalue weighted by molar-refractivity contribution is 0.0992. The maximum absolute atomic E-state index is 9.04. The number of nitrogens with zero attached hydrogens (tertiary/aromatic N) is 2. The third-order valence-corrected chi connectivity index (χ3v) is 2.24. The number of nitriles is 1. The minimum Gasteiger partial charge on any atom is -0.394 e. The molecule has 5 nitrogen and oxygen atoms in total. The molecule has 0 aliphatic heterocycles. The zero-order valence-electron chi connectivity index (χ0n) is 10.2. The number of anilines is 1. The van der Waals surface area contributed by atoms with E-state index < -0.39 is 0 Å². The highest BCUT2D eigenvalue weighted by Crippen LogP contribution is 2.18. The number of hydrogen-bond donors (Lipinski definition) is 2. The van der Waals surface area contributed by atoms with E-state index in [-0.39, 0.29) is 6.61 Å². The van der Waals surface area contributed by atoms with Crippen molar-refractivity contribution in [3.05, 3.63) is 23.0 Å². The van der Waals surface area contributed by atoms with Crippen LogP contribution in [0.15, 0.2) is 6.07 Å². The summed E-state index contributed by atoms with van der Waals surface area (Å²) in [7, 11) is 0. The van der Waals surface area contributed by atoms with Crippen molar-refractivity contribution in [2.45, 2.75) is 13.8 Å². The summed E-state index contributed by atoms with van der Waals surface area (Å²) in [4.78, 5) is 4.24. The topological polar surface area (TPSA) is 78.2 Å². The number of aromatic nitrogens is 1. The van der Waals surface area contributed by atoms with Gasteiger partial charge >= 0.3 is 0 Å². The van der Waals surface area contributed by atoms with Gasteiger partial charge in [0.25, 0.3) is 0 Å². The van der Waals surface area contributed by atoms with Gasteiger partial charge in [-0.05, 0) is 19.9 Å². The number of aliphatic hydroxyl groups is 1. The summed E-state index contributed by atoms with van der Waals surface area (Å²) in [5.74, 6) is 0. The molecule has 92 valence electrons. The smallest absolute Gasteiger partial charge is 0.103 e. The summed E-state index contributed by atoms with van der Waals surface area (Å²) in [6, 6.07) is 3.98. The molecule has 1 rings (SSSR count). The molecule has 0 atom stereocenters. The van der Waals surface area contributed by atoms with Crippen molar-refractivity contribution in [2.24, 2.45) is 0 Å². The Labute approximate surface area is 101 Å². The predicted octanol–water partition coefficient (Wildman–Crippen LogP) is 0.991. The van der Waals surface area contributed by atoms with Gasteiger partial charge < -0.3 is 15.2 Å². The van der Waals surface area contributed by atoms with Crippen molar-refractivity contribution in [2.75, 3.05) is 31.7 Å². The zero-order valence-corrected chi connectivity index (χ0v) is 10.2. The van der Waals surface area contributed by atoms with E-state index in [0.717, 1.165) is 17.1 Å². The van der Waals surface area contributed by atoms with Gasteiger partial charge in [0.1, 0.15) is 6.07 Å². The molecule has 0 saturated carbocycles. The standard InChI is InChI=1S/C12H17N3O2/c1-9-7-12(11(8-13)10(2)15-9)14-3-5-17-6-4-16/h7,16H,3-6H2,1-2H3,(H,14,15). The number of aliphatic hydroxyl groups excluding tert-OH is 1. The van der Waals surface area contributed by atoms with Crippen molar-refractivity contribution >= 4 is 5.69 Å². The first-order chi connectivity index (χ1) is 8.19. The highest BCUT2D eigenvalue weighted by Gasteiger charge is 2.07. The maximum atomic E-state index is 9.04. The second-order valence-corrected chi connectivity index (χ2v) is 3.65. The number of pyridine rings is 1. The van der Waals surface area contributed by atoms with Gasteiger partial charge in [-0.1, -0.05) is 0 Å².